The van der Waals surface area contributed by atoms with Gasteiger partial charge in [-0.15, -0.1) is 11.3 Å². The third-order valence-electron chi connectivity index (χ3n) is 4.80. The van der Waals surface area contributed by atoms with E-state index >= 15 is 0 Å². The van der Waals surface area contributed by atoms with Crippen molar-refractivity contribution in [1.29, 1.82) is 0 Å². The average molecular weight is 401 g/mol. The Morgan fingerprint density at radius 1 is 1.30 bits per heavy atom. The Morgan fingerprint density at radius 2 is 2.07 bits per heavy atom. The van der Waals surface area contributed by atoms with Crippen LogP contribution in [0.25, 0.3) is 15.9 Å². The molecule has 0 N–H and O–H groups in total. The summed E-state index contributed by atoms with van der Waals surface area (Å²) in [5.74, 6) is 1.19. The highest BCUT2D eigenvalue weighted by Crippen LogP contribution is 2.36. The number of hydrogen-bond donors (Lipinski definition) is 0. The van der Waals surface area contributed by atoms with Crippen molar-refractivity contribution in [3.63, 3.8) is 0 Å². The van der Waals surface area contributed by atoms with Crippen molar-refractivity contribution in [2.75, 3.05) is 12.9 Å². The van der Waals surface area contributed by atoms with Gasteiger partial charge in [-0.25, -0.2) is 4.98 Å². The second-order valence-electron chi connectivity index (χ2n) is 6.45. The number of nitrogens with zero attached hydrogens (tertiary/aromatic N) is 2. The van der Waals surface area contributed by atoms with Gasteiger partial charge in [0.2, 0.25) is 0 Å². The molecule has 27 heavy (non-hydrogen) atoms. The van der Waals surface area contributed by atoms with Crippen LogP contribution in [0.3, 0.4) is 0 Å². The molecule has 0 fully saturated rings. The van der Waals surface area contributed by atoms with Crippen LogP contribution in [0.5, 0.6) is 5.75 Å². The number of hydrogen-bond acceptors (Lipinski definition) is 6. The summed E-state index contributed by atoms with van der Waals surface area (Å²) in [4.78, 5) is 32.1. The van der Waals surface area contributed by atoms with Crippen molar-refractivity contribution >= 4 is 39.1 Å². The molecule has 0 saturated carbocycles. The molecule has 0 aliphatic heterocycles. The van der Waals surface area contributed by atoms with Crippen LogP contribution in [0, 0.1) is 0 Å². The highest BCUT2D eigenvalue weighted by atomic mass is 32.2. The molecule has 2 heterocycles. The quantitative estimate of drug-likeness (QED) is 0.462. The molecule has 1 aliphatic carbocycles. The van der Waals surface area contributed by atoms with Crippen LogP contribution in [0.1, 0.15) is 30.2 Å². The summed E-state index contributed by atoms with van der Waals surface area (Å²) in [6, 6.07) is 7.36. The monoisotopic (exact) mass is 400 g/mol. The van der Waals surface area contributed by atoms with Gasteiger partial charge in [0.25, 0.3) is 5.56 Å². The number of Topliss-reactive ketones (excluding diaryl/α,β-unsaturated/α-hetero) is 1. The SMILES string of the molecule is CCC(=O)CSc1nc2sc3c(c2c(=O)n1-c1ccc(OC)cc1)CCC3. The first-order valence-electron chi connectivity index (χ1n) is 8.98. The van der Waals surface area contributed by atoms with Crippen molar-refractivity contribution < 1.29 is 9.53 Å². The van der Waals surface area contributed by atoms with Crippen molar-refractivity contribution in [3.8, 4) is 11.4 Å². The van der Waals surface area contributed by atoms with Gasteiger partial charge in [-0.2, -0.15) is 0 Å². The lowest BCUT2D eigenvalue weighted by Gasteiger charge is -2.12. The normalized spacial score (nSPS) is 13.1. The highest BCUT2D eigenvalue weighted by Gasteiger charge is 2.24. The molecule has 2 aromatic heterocycles. The zero-order valence-electron chi connectivity index (χ0n) is 15.3. The lowest BCUT2D eigenvalue weighted by atomic mass is 10.2. The predicted molar refractivity (Wildman–Crippen MR) is 110 cm³/mol. The molecule has 140 valence electrons. The number of thiophene rings is 1. The van der Waals surface area contributed by atoms with Crippen LogP contribution < -0.4 is 10.3 Å². The third-order valence-corrected chi connectivity index (χ3v) is 6.98. The van der Waals surface area contributed by atoms with Crippen LogP contribution in [-0.4, -0.2) is 28.2 Å². The molecule has 1 aliphatic rings. The van der Waals surface area contributed by atoms with Gasteiger partial charge in [0, 0.05) is 11.3 Å². The molecule has 4 rings (SSSR count). The Labute approximate surface area is 165 Å². The molecule has 7 heteroatoms. The maximum atomic E-state index is 13.4. The fourth-order valence-electron chi connectivity index (χ4n) is 3.33. The van der Waals surface area contributed by atoms with Gasteiger partial charge in [0.15, 0.2) is 5.16 Å². The largest absolute Gasteiger partial charge is 0.497 e. The Bertz CT molecular complexity index is 1070. The van der Waals surface area contributed by atoms with Gasteiger partial charge in [-0.1, -0.05) is 18.7 Å². The number of carbonyl (C=O) groups is 1. The summed E-state index contributed by atoms with van der Waals surface area (Å²) >= 11 is 2.95. The molecule has 1 aromatic carbocycles. The molecule has 0 amide bonds. The third kappa shape index (κ3) is 3.30. The van der Waals surface area contributed by atoms with E-state index < -0.39 is 0 Å². The predicted octanol–water partition coefficient (Wildman–Crippen LogP) is 4.02. The molecule has 0 spiro atoms. The standard InChI is InChI=1S/C20H20N2O3S2/c1-3-13(23)11-26-20-21-18-17(15-5-4-6-16(15)27-18)19(24)22(20)12-7-9-14(25-2)10-8-12/h7-10H,3-6,11H2,1-2H3. The van der Waals surface area contributed by atoms with E-state index in [2.05, 4.69) is 0 Å². The lowest BCUT2D eigenvalue weighted by Crippen LogP contribution is -2.22. The molecule has 0 saturated heterocycles. The number of rotatable bonds is 6. The van der Waals surface area contributed by atoms with E-state index in [4.69, 9.17) is 9.72 Å². The molecule has 5 nitrogen and oxygen atoms in total. The number of methoxy groups -OCH3 is 1. The number of fused-ring (bicyclic) bond motifs is 3. The zero-order chi connectivity index (χ0) is 19.0. The van der Waals surface area contributed by atoms with Gasteiger partial charge in [-0.3, -0.25) is 14.2 Å². The average Bonchev–Trinajstić information content (AvgIpc) is 3.27. The number of thioether (sulfide) groups is 1. The van der Waals surface area contributed by atoms with E-state index in [-0.39, 0.29) is 11.3 Å². The molecular formula is C20H20N2O3S2. The molecule has 0 atom stereocenters. The van der Waals surface area contributed by atoms with Crippen LogP contribution in [0.4, 0.5) is 0 Å². The van der Waals surface area contributed by atoms with E-state index in [9.17, 15) is 9.59 Å². The summed E-state index contributed by atoms with van der Waals surface area (Å²) in [5, 5.41) is 1.31. The minimum atomic E-state index is -0.0454. The fourth-order valence-corrected chi connectivity index (χ4v) is 5.60. The van der Waals surface area contributed by atoms with Gasteiger partial charge in [0.05, 0.1) is 23.9 Å². The minimum absolute atomic E-state index is 0.0454. The number of aromatic nitrogens is 2. The Kier molecular flexibility index (Phi) is 5.06. The first-order chi connectivity index (χ1) is 13.1. The Morgan fingerprint density at radius 3 is 2.78 bits per heavy atom. The van der Waals surface area contributed by atoms with Gasteiger partial charge in [-0.05, 0) is 49.1 Å². The van der Waals surface area contributed by atoms with Crippen LogP contribution in [0.2, 0.25) is 0 Å². The summed E-state index contributed by atoms with van der Waals surface area (Å²) in [7, 11) is 1.61. The first kappa shape index (κ1) is 18.3. The van der Waals surface area contributed by atoms with E-state index in [1.54, 1.807) is 23.0 Å². The smallest absolute Gasteiger partial charge is 0.267 e. The number of benzene rings is 1. The summed E-state index contributed by atoms with van der Waals surface area (Å²) in [6.07, 6.45) is 3.54. The van der Waals surface area contributed by atoms with Crippen molar-refractivity contribution in [2.45, 2.75) is 37.8 Å². The van der Waals surface area contributed by atoms with Gasteiger partial charge < -0.3 is 4.74 Å². The molecule has 0 bridgehead atoms. The summed E-state index contributed by atoms with van der Waals surface area (Å²) in [6.45, 7) is 1.85. The van der Waals surface area contributed by atoms with Gasteiger partial charge >= 0.3 is 0 Å². The van der Waals surface area contributed by atoms with Crippen molar-refractivity contribution in [2.24, 2.45) is 0 Å². The van der Waals surface area contributed by atoms with E-state index in [1.165, 1.54) is 16.6 Å². The van der Waals surface area contributed by atoms with E-state index in [0.717, 1.165) is 46.5 Å². The van der Waals surface area contributed by atoms with Crippen molar-refractivity contribution in [3.05, 3.63) is 45.1 Å². The second kappa shape index (κ2) is 7.48. The molecule has 3 aromatic rings. The summed E-state index contributed by atoms with van der Waals surface area (Å²) < 4.78 is 6.87. The maximum absolute atomic E-state index is 13.4. The summed E-state index contributed by atoms with van der Waals surface area (Å²) in [5.41, 5.74) is 1.85. The zero-order valence-corrected chi connectivity index (χ0v) is 16.9. The van der Waals surface area contributed by atoms with E-state index in [1.807, 2.05) is 31.2 Å². The highest BCUT2D eigenvalue weighted by molar-refractivity contribution is 7.99. The minimum Gasteiger partial charge on any atom is -0.497 e. The number of ether oxygens (including phenoxy) is 1. The topological polar surface area (TPSA) is 61.2 Å². The Hall–Kier alpha value is -2.12. The fraction of sp³-hybridized carbons (Fsp3) is 0.350. The van der Waals surface area contributed by atoms with Crippen LogP contribution in [-0.2, 0) is 17.6 Å². The number of ketones is 1. The second-order valence-corrected chi connectivity index (χ2v) is 8.48. The number of aryl methyl sites for hydroxylation is 2. The van der Waals surface area contributed by atoms with Crippen molar-refractivity contribution in [1.82, 2.24) is 9.55 Å². The molecular weight excluding hydrogens is 380 g/mol. The van der Waals surface area contributed by atoms with Crippen LogP contribution in [0.15, 0.2) is 34.2 Å². The molecule has 0 unspecified atom stereocenters. The van der Waals surface area contributed by atoms with Gasteiger partial charge in [0.1, 0.15) is 16.4 Å². The van der Waals surface area contributed by atoms with Crippen LogP contribution >= 0.6 is 23.1 Å². The van der Waals surface area contributed by atoms with E-state index in [0.29, 0.717) is 17.3 Å². The number of carbonyl (C=O) groups excluding carboxylic acids is 1. The molecule has 0 radical (unpaired) electrons. The maximum Gasteiger partial charge on any atom is 0.267 e. The first-order valence-corrected chi connectivity index (χ1v) is 10.8. The Balaban J connectivity index is 1.90. The lowest BCUT2D eigenvalue weighted by molar-refractivity contribution is -0.116.